The second-order valence-corrected chi connectivity index (χ2v) is 8.24. The van der Waals surface area contributed by atoms with Crippen molar-refractivity contribution in [2.45, 2.75) is 13.5 Å². The molecule has 5 nitrogen and oxygen atoms in total. The Morgan fingerprint density at radius 2 is 1.81 bits per heavy atom. The number of benzene rings is 2. The lowest BCUT2D eigenvalue weighted by molar-refractivity contribution is -0.117. The van der Waals surface area contributed by atoms with Gasteiger partial charge < -0.3 is 9.73 Å². The Morgan fingerprint density at radius 1 is 1.11 bits per heavy atom. The molecule has 0 saturated heterocycles. The molecule has 1 N–H and O–H groups in total. The smallest absolute Gasteiger partial charge is 0.336 e. The summed E-state index contributed by atoms with van der Waals surface area (Å²) in [5.41, 5.74) is 2.71. The Kier molecular flexibility index (Phi) is 6.14. The summed E-state index contributed by atoms with van der Waals surface area (Å²) in [6, 6.07) is 12.7. The predicted molar refractivity (Wildman–Crippen MR) is 114 cm³/mol. The lowest BCUT2D eigenvalue weighted by Gasteiger charge is -2.18. The average Bonchev–Trinajstić information content (AvgIpc) is 2.56. The van der Waals surface area contributed by atoms with E-state index >= 15 is 0 Å². The first-order chi connectivity index (χ1) is 12.8. The van der Waals surface area contributed by atoms with Gasteiger partial charge in [0.15, 0.2) is 0 Å². The van der Waals surface area contributed by atoms with Gasteiger partial charge >= 0.3 is 5.63 Å². The van der Waals surface area contributed by atoms with E-state index in [1.54, 1.807) is 6.07 Å². The maximum absolute atomic E-state index is 12.4. The number of likely N-dealkylation sites (N-methyl/N-ethyl adjacent to an activating group) is 1. The number of hydrogen-bond acceptors (Lipinski definition) is 4. The van der Waals surface area contributed by atoms with E-state index in [9.17, 15) is 9.59 Å². The van der Waals surface area contributed by atoms with Gasteiger partial charge in [-0.3, -0.25) is 9.69 Å². The molecule has 0 unspecified atom stereocenters. The van der Waals surface area contributed by atoms with Crippen LogP contribution in [0.4, 0.5) is 5.69 Å². The first kappa shape index (κ1) is 19.8. The van der Waals surface area contributed by atoms with E-state index < -0.39 is 5.63 Å². The molecule has 0 aliphatic carbocycles. The number of rotatable bonds is 5. The van der Waals surface area contributed by atoms with Crippen LogP contribution in [0.3, 0.4) is 0 Å². The van der Waals surface area contributed by atoms with Crippen LogP contribution in [-0.2, 0) is 11.3 Å². The minimum absolute atomic E-state index is 0.113. The minimum atomic E-state index is -0.404. The molecule has 0 saturated carbocycles. The second kappa shape index (κ2) is 8.37. The number of hydrogen-bond donors (Lipinski definition) is 1. The van der Waals surface area contributed by atoms with Gasteiger partial charge in [-0.1, -0.05) is 31.9 Å². The SMILES string of the molecule is Cc1cc(Br)ccc1NC(=O)CN(C)Cc1cc(=O)oc2cc(Br)ccc12. The van der Waals surface area contributed by atoms with Crippen LogP contribution in [-0.4, -0.2) is 24.4 Å². The second-order valence-electron chi connectivity index (χ2n) is 6.41. The van der Waals surface area contributed by atoms with Crippen LogP contribution < -0.4 is 10.9 Å². The number of nitrogens with zero attached hydrogens (tertiary/aromatic N) is 1. The molecular formula is C20H18Br2N2O3. The molecule has 0 atom stereocenters. The summed E-state index contributed by atoms with van der Waals surface area (Å²) in [7, 11) is 1.84. The number of halogens is 2. The van der Waals surface area contributed by atoms with Crippen molar-refractivity contribution in [1.82, 2.24) is 4.90 Å². The van der Waals surface area contributed by atoms with Crippen molar-refractivity contribution in [3.05, 3.63) is 73.0 Å². The van der Waals surface area contributed by atoms with Gasteiger partial charge in [0.1, 0.15) is 5.58 Å². The van der Waals surface area contributed by atoms with Crippen LogP contribution >= 0.6 is 31.9 Å². The molecule has 0 radical (unpaired) electrons. The van der Waals surface area contributed by atoms with E-state index in [-0.39, 0.29) is 12.5 Å². The Hall–Kier alpha value is -1.96. The van der Waals surface area contributed by atoms with Gasteiger partial charge in [0.05, 0.1) is 6.54 Å². The van der Waals surface area contributed by atoms with Gasteiger partial charge in [0.2, 0.25) is 5.91 Å². The summed E-state index contributed by atoms with van der Waals surface area (Å²) in [4.78, 5) is 26.1. The van der Waals surface area contributed by atoms with Crippen molar-refractivity contribution in [3.63, 3.8) is 0 Å². The monoisotopic (exact) mass is 492 g/mol. The summed E-state index contributed by atoms with van der Waals surface area (Å²) in [6.07, 6.45) is 0. The Morgan fingerprint density at radius 3 is 2.56 bits per heavy atom. The molecule has 7 heteroatoms. The zero-order valence-electron chi connectivity index (χ0n) is 14.9. The van der Waals surface area contributed by atoms with Gasteiger partial charge in [0, 0.05) is 32.6 Å². The zero-order chi connectivity index (χ0) is 19.6. The third kappa shape index (κ3) is 5.06. The fraction of sp³-hybridized carbons (Fsp3) is 0.200. The summed E-state index contributed by atoms with van der Waals surface area (Å²) in [5.74, 6) is -0.113. The largest absolute Gasteiger partial charge is 0.423 e. The van der Waals surface area contributed by atoms with E-state index in [1.165, 1.54) is 6.07 Å². The first-order valence-corrected chi connectivity index (χ1v) is 9.87. The fourth-order valence-corrected chi connectivity index (χ4v) is 3.70. The highest BCUT2D eigenvalue weighted by Crippen LogP contribution is 2.23. The van der Waals surface area contributed by atoms with Crippen molar-refractivity contribution >= 4 is 54.4 Å². The van der Waals surface area contributed by atoms with Gasteiger partial charge in [0.25, 0.3) is 0 Å². The number of nitrogens with one attached hydrogen (secondary N) is 1. The van der Waals surface area contributed by atoms with Gasteiger partial charge in [-0.15, -0.1) is 0 Å². The Labute approximate surface area is 173 Å². The van der Waals surface area contributed by atoms with Crippen LogP contribution in [0.1, 0.15) is 11.1 Å². The molecule has 2 aromatic carbocycles. The molecule has 0 aliphatic heterocycles. The number of carbonyl (C=O) groups excluding carboxylic acids is 1. The topological polar surface area (TPSA) is 62.6 Å². The third-order valence-corrected chi connectivity index (χ3v) is 5.10. The highest BCUT2D eigenvalue weighted by atomic mass is 79.9. The summed E-state index contributed by atoms with van der Waals surface area (Å²) in [5, 5.41) is 3.78. The van der Waals surface area contributed by atoms with Crippen molar-refractivity contribution in [3.8, 4) is 0 Å². The summed E-state index contributed by atoms with van der Waals surface area (Å²) in [6.45, 7) is 2.60. The van der Waals surface area contributed by atoms with Crippen molar-refractivity contribution < 1.29 is 9.21 Å². The predicted octanol–water partition coefficient (Wildman–Crippen LogP) is 4.70. The first-order valence-electron chi connectivity index (χ1n) is 8.28. The zero-order valence-corrected chi connectivity index (χ0v) is 18.1. The molecule has 1 amide bonds. The molecule has 1 heterocycles. The highest BCUT2D eigenvalue weighted by molar-refractivity contribution is 9.10. The fourth-order valence-electron chi connectivity index (χ4n) is 2.88. The van der Waals surface area contributed by atoms with Crippen LogP contribution in [0.25, 0.3) is 11.0 Å². The average molecular weight is 494 g/mol. The quantitative estimate of drug-likeness (QED) is 0.523. The molecule has 27 heavy (non-hydrogen) atoms. The van der Waals surface area contributed by atoms with Gasteiger partial charge in [-0.2, -0.15) is 0 Å². The summed E-state index contributed by atoms with van der Waals surface area (Å²) >= 11 is 6.79. The third-order valence-electron chi connectivity index (χ3n) is 4.11. The molecule has 0 bridgehead atoms. The minimum Gasteiger partial charge on any atom is -0.423 e. The lowest BCUT2D eigenvalue weighted by atomic mass is 10.1. The number of anilines is 1. The molecule has 0 spiro atoms. The normalized spacial score (nSPS) is 11.1. The molecule has 0 aliphatic rings. The van der Waals surface area contributed by atoms with E-state index in [1.807, 2.05) is 49.2 Å². The van der Waals surface area contributed by atoms with E-state index in [4.69, 9.17) is 4.42 Å². The number of aryl methyl sites for hydroxylation is 1. The maximum atomic E-state index is 12.4. The van der Waals surface area contributed by atoms with E-state index in [0.717, 1.165) is 31.1 Å². The number of fused-ring (bicyclic) bond motifs is 1. The van der Waals surface area contributed by atoms with Crippen molar-refractivity contribution in [2.75, 3.05) is 18.9 Å². The van der Waals surface area contributed by atoms with E-state index in [0.29, 0.717) is 12.1 Å². The molecule has 140 valence electrons. The van der Waals surface area contributed by atoms with Crippen LogP contribution in [0.15, 0.2) is 60.6 Å². The Bertz CT molecular complexity index is 1060. The van der Waals surface area contributed by atoms with Crippen LogP contribution in [0.5, 0.6) is 0 Å². The summed E-state index contributed by atoms with van der Waals surface area (Å²) < 4.78 is 7.07. The van der Waals surface area contributed by atoms with Gasteiger partial charge in [-0.05, 0) is 61.5 Å². The lowest BCUT2D eigenvalue weighted by Crippen LogP contribution is -2.30. The standard InChI is InChI=1S/C20H18Br2N2O3/c1-12-7-14(21)4-6-17(12)23-19(25)11-24(2)10-13-8-20(26)27-18-9-15(22)3-5-16(13)18/h3-9H,10-11H2,1-2H3,(H,23,25). The Balaban J connectivity index is 1.72. The number of carbonyl (C=O) groups is 1. The van der Waals surface area contributed by atoms with E-state index in [2.05, 4.69) is 37.2 Å². The number of amides is 1. The van der Waals surface area contributed by atoms with Crippen molar-refractivity contribution in [2.24, 2.45) is 0 Å². The molecule has 0 fully saturated rings. The maximum Gasteiger partial charge on any atom is 0.336 e. The molecular weight excluding hydrogens is 476 g/mol. The molecule has 3 rings (SSSR count). The molecule has 1 aromatic heterocycles. The molecule has 3 aromatic rings. The highest BCUT2D eigenvalue weighted by Gasteiger charge is 2.12. The van der Waals surface area contributed by atoms with Crippen molar-refractivity contribution in [1.29, 1.82) is 0 Å². The van der Waals surface area contributed by atoms with Crippen LogP contribution in [0, 0.1) is 6.92 Å². The van der Waals surface area contributed by atoms with Gasteiger partial charge in [-0.25, -0.2) is 4.79 Å². The van der Waals surface area contributed by atoms with Crippen LogP contribution in [0.2, 0.25) is 0 Å².